The highest BCUT2D eigenvalue weighted by molar-refractivity contribution is 5.13. The van der Waals surface area contributed by atoms with Crippen LogP contribution >= 0.6 is 0 Å². The average molecular weight is 288 g/mol. The van der Waals surface area contributed by atoms with Crippen molar-refractivity contribution in [3.63, 3.8) is 0 Å². The molecule has 0 aliphatic carbocycles. The maximum absolute atomic E-state index is 12.0. The fourth-order valence-corrected chi connectivity index (χ4v) is 1.97. The maximum Gasteiger partial charge on any atom is 0.256 e. The lowest BCUT2D eigenvalue weighted by Crippen LogP contribution is -2.31. The van der Waals surface area contributed by atoms with Gasteiger partial charge in [-0.05, 0) is 19.4 Å². The van der Waals surface area contributed by atoms with Gasteiger partial charge in [-0.2, -0.15) is 0 Å². The molecule has 1 atom stereocenters. The van der Waals surface area contributed by atoms with Crippen LogP contribution in [-0.4, -0.2) is 27.4 Å². The first-order valence-electron chi connectivity index (χ1n) is 6.90. The zero-order chi connectivity index (χ0) is 15.2. The Morgan fingerprint density at radius 3 is 2.71 bits per heavy atom. The smallest absolute Gasteiger partial charge is 0.256 e. The topological polar surface area (TPSA) is 64.3 Å². The largest absolute Gasteiger partial charge is 0.389 e. The maximum atomic E-state index is 12.0. The van der Waals surface area contributed by atoms with Crippen LogP contribution in [0.1, 0.15) is 16.8 Å². The van der Waals surface area contributed by atoms with Gasteiger partial charge in [-0.3, -0.25) is 9.36 Å². The van der Waals surface area contributed by atoms with E-state index >= 15 is 0 Å². The normalized spacial score (nSPS) is 12.3. The van der Waals surface area contributed by atoms with E-state index in [1.807, 2.05) is 30.3 Å². The summed E-state index contributed by atoms with van der Waals surface area (Å²) in [7, 11) is 0. The summed E-state index contributed by atoms with van der Waals surface area (Å²) < 4.78 is 6.88. The van der Waals surface area contributed by atoms with Gasteiger partial charge in [0.05, 0.1) is 32.2 Å². The van der Waals surface area contributed by atoms with Crippen molar-refractivity contribution in [1.29, 1.82) is 0 Å². The molecule has 112 valence electrons. The van der Waals surface area contributed by atoms with E-state index < -0.39 is 6.10 Å². The quantitative estimate of drug-likeness (QED) is 0.873. The highest BCUT2D eigenvalue weighted by Gasteiger charge is 2.09. The van der Waals surface area contributed by atoms with Crippen molar-refractivity contribution in [2.24, 2.45) is 0 Å². The third-order valence-electron chi connectivity index (χ3n) is 3.34. The number of aryl methyl sites for hydroxylation is 1. The monoisotopic (exact) mass is 288 g/mol. The molecule has 0 unspecified atom stereocenters. The molecule has 2 aromatic rings. The van der Waals surface area contributed by atoms with Crippen LogP contribution in [0, 0.1) is 13.8 Å². The first kappa shape index (κ1) is 15.4. The van der Waals surface area contributed by atoms with E-state index in [0.29, 0.717) is 17.9 Å². The Hall–Kier alpha value is -1.98. The molecule has 1 aromatic heterocycles. The number of hydrogen-bond donors (Lipinski definition) is 1. The van der Waals surface area contributed by atoms with Gasteiger partial charge in [0, 0.05) is 11.3 Å². The minimum atomic E-state index is -0.740. The van der Waals surface area contributed by atoms with Crippen LogP contribution in [0.3, 0.4) is 0 Å². The number of nitrogens with zero attached hydrogens (tertiary/aromatic N) is 2. The van der Waals surface area contributed by atoms with E-state index in [4.69, 9.17) is 4.74 Å². The van der Waals surface area contributed by atoms with E-state index in [2.05, 4.69) is 4.98 Å². The van der Waals surface area contributed by atoms with E-state index in [1.54, 1.807) is 13.8 Å². The average Bonchev–Trinajstić information content (AvgIpc) is 2.49. The molecule has 0 saturated carbocycles. The second kappa shape index (κ2) is 7.15. The minimum Gasteiger partial charge on any atom is -0.389 e. The van der Waals surface area contributed by atoms with Crippen molar-refractivity contribution in [3.05, 3.63) is 63.8 Å². The van der Waals surface area contributed by atoms with Crippen LogP contribution < -0.4 is 5.56 Å². The van der Waals surface area contributed by atoms with Crippen molar-refractivity contribution in [3.8, 4) is 0 Å². The zero-order valence-electron chi connectivity index (χ0n) is 12.3. The number of aliphatic hydroxyl groups is 1. The van der Waals surface area contributed by atoms with Crippen molar-refractivity contribution in [2.45, 2.75) is 33.1 Å². The molecular formula is C16H20N2O3. The van der Waals surface area contributed by atoms with Crippen LogP contribution in [0.15, 0.2) is 41.5 Å². The highest BCUT2D eigenvalue weighted by Crippen LogP contribution is 2.02. The SMILES string of the molecule is Cc1ncn(C[C@@H](O)COCc2ccccc2)c(=O)c1C. The van der Waals surface area contributed by atoms with Gasteiger partial charge in [0.1, 0.15) is 0 Å². The third kappa shape index (κ3) is 4.24. The minimum absolute atomic E-state index is 0.121. The van der Waals surface area contributed by atoms with E-state index in [0.717, 1.165) is 5.56 Å². The molecular weight excluding hydrogens is 268 g/mol. The second-order valence-electron chi connectivity index (χ2n) is 5.07. The molecule has 5 heteroatoms. The van der Waals surface area contributed by atoms with Crippen LogP contribution in [-0.2, 0) is 17.9 Å². The van der Waals surface area contributed by atoms with Crippen molar-refractivity contribution >= 4 is 0 Å². The van der Waals surface area contributed by atoms with Crippen molar-refractivity contribution in [2.75, 3.05) is 6.61 Å². The van der Waals surface area contributed by atoms with Gasteiger partial charge >= 0.3 is 0 Å². The first-order chi connectivity index (χ1) is 10.1. The number of aromatic nitrogens is 2. The third-order valence-corrected chi connectivity index (χ3v) is 3.34. The van der Waals surface area contributed by atoms with E-state index in [-0.39, 0.29) is 18.7 Å². The molecule has 0 bridgehead atoms. The molecule has 1 N–H and O–H groups in total. The molecule has 0 aliphatic heterocycles. The summed E-state index contributed by atoms with van der Waals surface area (Å²) in [6, 6.07) is 9.75. The molecule has 0 aliphatic rings. The molecule has 0 fully saturated rings. The summed E-state index contributed by atoms with van der Waals surface area (Å²) in [6.45, 7) is 4.33. The Labute approximate surface area is 123 Å². The van der Waals surface area contributed by atoms with Gasteiger partial charge in [-0.15, -0.1) is 0 Å². The van der Waals surface area contributed by atoms with Crippen LogP contribution in [0.4, 0.5) is 0 Å². The van der Waals surface area contributed by atoms with Crippen LogP contribution in [0.5, 0.6) is 0 Å². The van der Waals surface area contributed by atoms with E-state index in [9.17, 15) is 9.90 Å². The van der Waals surface area contributed by atoms with Gasteiger partial charge in [0.2, 0.25) is 0 Å². The van der Waals surface area contributed by atoms with Gasteiger partial charge in [0.15, 0.2) is 0 Å². The first-order valence-corrected chi connectivity index (χ1v) is 6.90. The van der Waals surface area contributed by atoms with Gasteiger partial charge in [-0.25, -0.2) is 4.98 Å². The molecule has 1 heterocycles. The molecule has 2 rings (SSSR count). The van der Waals surface area contributed by atoms with Crippen molar-refractivity contribution < 1.29 is 9.84 Å². The fraction of sp³-hybridized carbons (Fsp3) is 0.375. The van der Waals surface area contributed by atoms with E-state index in [1.165, 1.54) is 10.9 Å². The summed E-state index contributed by atoms with van der Waals surface area (Å²) in [5.41, 5.74) is 2.25. The van der Waals surface area contributed by atoms with Crippen LogP contribution in [0.25, 0.3) is 0 Å². The van der Waals surface area contributed by atoms with Crippen LogP contribution in [0.2, 0.25) is 0 Å². The summed E-state index contributed by atoms with van der Waals surface area (Å²) in [5, 5.41) is 9.95. The number of rotatable bonds is 6. The Bertz CT molecular complexity index is 638. The van der Waals surface area contributed by atoms with Gasteiger partial charge in [0.25, 0.3) is 5.56 Å². The molecule has 1 aromatic carbocycles. The Balaban J connectivity index is 1.86. The standard InChI is InChI=1S/C16H20N2O3/c1-12-13(2)17-11-18(16(12)20)8-15(19)10-21-9-14-6-4-3-5-7-14/h3-7,11,15,19H,8-10H2,1-2H3/t15-/m1/s1. The molecule has 5 nitrogen and oxygen atoms in total. The number of benzene rings is 1. The summed E-state index contributed by atoms with van der Waals surface area (Å²) in [5.74, 6) is 0. The Kier molecular flexibility index (Phi) is 5.25. The highest BCUT2D eigenvalue weighted by atomic mass is 16.5. The zero-order valence-corrected chi connectivity index (χ0v) is 12.3. The second-order valence-corrected chi connectivity index (χ2v) is 5.07. The lowest BCUT2D eigenvalue weighted by molar-refractivity contribution is 0.0197. The van der Waals surface area contributed by atoms with Gasteiger partial charge < -0.3 is 9.84 Å². The Morgan fingerprint density at radius 1 is 1.29 bits per heavy atom. The molecule has 0 amide bonds. The summed E-state index contributed by atoms with van der Waals surface area (Å²) in [6.07, 6.45) is 0.723. The summed E-state index contributed by atoms with van der Waals surface area (Å²) >= 11 is 0. The molecule has 21 heavy (non-hydrogen) atoms. The Morgan fingerprint density at radius 2 is 2.00 bits per heavy atom. The number of ether oxygens (including phenoxy) is 1. The number of hydrogen-bond acceptors (Lipinski definition) is 4. The summed E-state index contributed by atoms with van der Waals surface area (Å²) in [4.78, 5) is 16.1. The lowest BCUT2D eigenvalue weighted by Gasteiger charge is -2.13. The predicted octanol–water partition coefficient (Wildman–Crippen LogP) is 1.44. The molecule has 0 radical (unpaired) electrons. The molecule has 0 saturated heterocycles. The van der Waals surface area contributed by atoms with Crippen molar-refractivity contribution in [1.82, 2.24) is 9.55 Å². The van der Waals surface area contributed by atoms with Gasteiger partial charge in [-0.1, -0.05) is 30.3 Å². The fourth-order valence-electron chi connectivity index (χ4n) is 1.97. The number of aliphatic hydroxyl groups excluding tert-OH is 1. The predicted molar refractivity (Wildman–Crippen MR) is 80.1 cm³/mol. The lowest BCUT2D eigenvalue weighted by atomic mass is 10.2. The molecule has 0 spiro atoms.